The van der Waals surface area contributed by atoms with Crippen molar-refractivity contribution in [3.63, 3.8) is 0 Å². The second kappa shape index (κ2) is 4.98. The molecule has 0 saturated carbocycles. The number of hydrogen-bond acceptors (Lipinski definition) is 2. The molecule has 0 bridgehead atoms. The van der Waals surface area contributed by atoms with E-state index in [9.17, 15) is 0 Å². The quantitative estimate of drug-likeness (QED) is 0.416. The van der Waals surface area contributed by atoms with Gasteiger partial charge in [0.05, 0.1) is 0 Å². The van der Waals surface area contributed by atoms with E-state index in [1.54, 1.807) is 7.05 Å². The van der Waals surface area contributed by atoms with Crippen molar-refractivity contribution in [1.82, 2.24) is 5.32 Å². The molecule has 0 aromatic heterocycles. The highest BCUT2D eigenvalue weighted by atomic mass is 16.3. The number of guanidine groups is 1. The van der Waals surface area contributed by atoms with Gasteiger partial charge in [-0.3, -0.25) is 4.99 Å². The number of aliphatic hydroxyl groups is 1. The van der Waals surface area contributed by atoms with Crippen LogP contribution in [0.2, 0.25) is 0 Å². The first-order chi connectivity index (χ1) is 5.58. The predicted octanol–water partition coefficient (Wildman–Crippen LogP) is 0.0716. The third-order valence-electron chi connectivity index (χ3n) is 2.11. The highest BCUT2D eigenvalue weighted by Crippen LogP contribution is 2.12. The molecule has 1 atom stereocenters. The van der Waals surface area contributed by atoms with Gasteiger partial charge in [-0.15, -0.1) is 0 Å². The molecule has 0 aromatic rings. The highest BCUT2D eigenvalue weighted by Gasteiger charge is 2.21. The van der Waals surface area contributed by atoms with Crippen molar-refractivity contribution >= 4 is 5.96 Å². The second-order valence-electron chi connectivity index (χ2n) is 3.12. The van der Waals surface area contributed by atoms with E-state index in [-0.39, 0.29) is 12.1 Å². The molecule has 0 spiro atoms. The molecule has 0 amide bonds. The van der Waals surface area contributed by atoms with Crippen LogP contribution in [0.25, 0.3) is 0 Å². The molecule has 0 aliphatic rings. The van der Waals surface area contributed by atoms with Crippen molar-refractivity contribution in [3.8, 4) is 0 Å². The van der Waals surface area contributed by atoms with Crippen molar-refractivity contribution in [2.45, 2.75) is 32.2 Å². The lowest BCUT2D eigenvalue weighted by Crippen LogP contribution is -2.49. The lowest BCUT2D eigenvalue weighted by molar-refractivity contribution is 0.231. The lowest BCUT2D eigenvalue weighted by Gasteiger charge is -2.29. The molecule has 12 heavy (non-hydrogen) atoms. The minimum absolute atomic E-state index is 0.141. The van der Waals surface area contributed by atoms with Crippen LogP contribution in [-0.4, -0.2) is 30.3 Å². The summed E-state index contributed by atoms with van der Waals surface area (Å²) >= 11 is 0. The van der Waals surface area contributed by atoms with E-state index in [2.05, 4.69) is 10.3 Å². The average molecular weight is 173 g/mol. The Labute approximate surface area is 73.9 Å². The van der Waals surface area contributed by atoms with Crippen LogP contribution in [0.1, 0.15) is 26.7 Å². The van der Waals surface area contributed by atoms with E-state index in [0.717, 1.165) is 6.42 Å². The number of rotatable bonds is 4. The number of aliphatic imine (C=N–C) groups is 1. The van der Waals surface area contributed by atoms with Gasteiger partial charge in [-0.2, -0.15) is 0 Å². The average Bonchev–Trinajstić information content (AvgIpc) is 2.05. The zero-order valence-corrected chi connectivity index (χ0v) is 8.09. The van der Waals surface area contributed by atoms with Crippen molar-refractivity contribution in [3.05, 3.63) is 0 Å². The van der Waals surface area contributed by atoms with E-state index < -0.39 is 0 Å². The van der Waals surface area contributed by atoms with Crippen LogP contribution < -0.4 is 11.1 Å². The fourth-order valence-corrected chi connectivity index (χ4v) is 0.940. The summed E-state index contributed by atoms with van der Waals surface area (Å²) in [5.41, 5.74) is 5.38. The van der Waals surface area contributed by atoms with Gasteiger partial charge in [0, 0.05) is 19.2 Å². The molecular formula is C8H19N3O. The van der Waals surface area contributed by atoms with E-state index in [0.29, 0.717) is 12.4 Å². The SMILES string of the molecule is CCC(C)(CCO)NC(N)=NC. The summed E-state index contributed by atoms with van der Waals surface area (Å²) in [6.07, 6.45) is 1.59. The number of aliphatic hydroxyl groups excluding tert-OH is 1. The molecule has 0 aliphatic heterocycles. The fourth-order valence-electron chi connectivity index (χ4n) is 0.940. The van der Waals surface area contributed by atoms with Gasteiger partial charge >= 0.3 is 0 Å². The van der Waals surface area contributed by atoms with Gasteiger partial charge in [-0.1, -0.05) is 6.92 Å². The zero-order chi connectivity index (χ0) is 9.61. The number of nitrogens with one attached hydrogen (secondary N) is 1. The first-order valence-corrected chi connectivity index (χ1v) is 4.19. The van der Waals surface area contributed by atoms with E-state index in [1.807, 2.05) is 13.8 Å². The largest absolute Gasteiger partial charge is 0.396 e. The Hall–Kier alpha value is -0.770. The molecule has 0 radical (unpaired) electrons. The predicted molar refractivity (Wildman–Crippen MR) is 51.1 cm³/mol. The molecular weight excluding hydrogens is 154 g/mol. The van der Waals surface area contributed by atoms with Crippen LogP contribution in [0, 0.1) is 0 Å². The van der Waals surface area contributed by atoms with Gasteiger partial charge in [-0.05, 0) is 19.8 Å². The number of nitrogens with zero attached hydrogens (tertiary/aromatic N) is 1. The summed E-state index contributed by atoms with van der Waals surface area (Å²) in [6, 6.07) is 0. The topological polar surface area (TPSA) is 70.6 Å². The Morgan fingerprint density at radius 1 is 1.67 bits per heavy atom. The fraction of sp³-hybridized carbons (Fsp3) is 0.875. The van der Waals surface area contributed by atoms with Gasteiger partial charge in [-0.25, -0.2) is 0 Å². The maximum Gasteiger partial charge on any atom is 0.188 e. The normalized spacial score (nSPS) is 17.2. The molecule has 0 aliphatic carbocycles. The summed E-state index contributed by atoms with van der Waals surface area (Å²) in [7, 11) is 1.64. The van der Waals surface area contributed by atoms with Crippen LogP contribution in [0.4, 0.5) is 0 Å². The maximum atomic E-state index is 8.80. The highest BCUT2D eigenvalue weighted by molar-refractivity contribution is 5.78. The maximum absolute atomic E-state index is 8.80. The van der Waals surface area contributed by atoms with Gasteiger partial charge in [0.1, 0.15) is 0 Å². The van der Waals surface area contributed by atoms with Crippen molar-refractivity contribution < 1.29 is 5.11 Å². The Balaban J connectivity index is 4.13. The summed E-state index contributed by atoms with van der Waals surface area (Å²) < 4.78 is 0. The molecule has 1 unspecified atom stereocenters. The molecule has 0 aromatic carbocycles. The minimum atomic E-state index is -0.141. The second-order valence-corrected chi connectivity index (χ2v) is 3.12. The molecule has 0 rings (SSSR count). The van der Waals surface area contributed by atoms with Crippen LogP contribution in [0.3, 0.4) is 0 Å². The summed E-state index contributed by atoms with van der Waals surface area (Å²) in [5.74, 6) is 0.424. The smallest absolute Gasteiger partial charge is 0.188 e. The number of hydrogen-bond donors (Lipinski definition) is 3. The van der Waals surface area contributed by atoms with Gasteiger partial charge in [0.2, 0.25) is 0 Å². The molecule has 72 valence electrons. The Bertz CT molecular complexity index is 158. The Kier molecular flexibility index (Phi) is 4.66. The van der Waals surface area contributed by atoms with Crippen LogP contribution in [0.15, 0.2) is 4.99 Å². The minimum Gasteiger partial charge on any atom is -0.396 e. The van der Waals surface area contributed by atoms with E-state index in [1.165, 1.54) is 0 Å². The van der Waals surface area contributed by atoms with Crippen LogP contribution in [-0.2, 0) is 0 Å². The monoisotopic (exact) mass is 173 g/mol. The number of nitrogens with two attached hydrogens (primary N) is 1. The molecule has 0 fully saturated rings. The lowest BCUT2D eigenvalue weighted by atomic mass is 9.95. The molecule has 0 heterocycles. The summed E-state index contributed by atoms with van der Waals surface area (Å²) in [5, 5.41) is 11.9. The Morgan fingerprint density at radius 2 is 2.25 bits per heavy atom. The van der Waals surface area contributed by atoms with Crippen molar-refractivity contribution in [2.75, 3.05) is 13.7 Å². The van der Waals surface area contributed by atoms with Crippen LogP contribution >= 0.6 is 0 Å². The zero-order valence-electron chi connectivity index (χ0n) is 8.09. The first-order valence-electron chi connectivity index (χ1n) is 4.19. The summed E-state index contributed by atoms with van der Waals surface area (Å²) in [6.45, 7) is 4.22. The van der Waals surface area contributed by atoms with Gasteiger partial charge in [0.15, 0.2) is 5.96 Å². The summed E-state index contributed by atoms with van der Waals surface area (Å²) in [4.78, 5) is 3.81. The third-order valence-corrected chi connectivity index (χ3v) is 2.11. The van der Waals surface area contributed by atoms with Crippen molar-refractivity contribution in [1.29, 1.82) is 0 Å². The Morgan fingerprint density at radius 3 is 2.58 bits per heavy atom. The van der Waals surface area contributed by atoms with Gasteiger partial charge < -0.3 is 16.2 Å². The first kappa shape index (κ1) is 11.2. The van der Waals surface area contributed by atoms with Gasteiger partial charge in [0.25, 0.3) is 0 Å². The van der Waals surface area contributed by atoms with E-state index >= 15 is 0 Å². The van der Waals surface area contributed by atoms with Crippen molar-refractivity contribution in [2.24, 2.45) is 10.7 Å². The third kappa shape index (κ3) is 3.57. The standard InChI is InChI=1S/C8H19N3O/c1-4-8(2,5-6-12)11-7(9)10-3/h12H,4-6H2,1-3H3,(H3,9,10,11). The van der Waals surface area contributed by atoms with E-state index in [4.69, 9.17) is 10.8 Å². The molecule has 4 N–H and O–H groups in total. The molecule has 4 nitrogen and oxygen atoms in total. The molecule has 0 saturated heterocycles. The van der Waals surface area contributed by atoms with Crippen LogP contribution in [0.5, 0.6) is 0 Å². The molecule has 4 heteroatoms.